The van der Waals surface area contributed by atoms with Crippen LogP contribution in [0.4, 0.5) is 17.6 Å². The summed E-state index contributed by atoms with van der Waals surface area (Å²) in [6, 6.07) is 2.41. The van der Waals surface area contributed by atoms with Gasteiger partial charge < -0.3 is 0 Å². The van der Waals surface area contributed by atoms with Gasteiger partial charge in [-0.15, -0.1) is 0 Å². The summed E-state index contributed by atoms with van der Waals surface area (Å²) >= 11 is 5.79. The van der Waals surface area contributed by atoms with E-state index in [1.807, 2.05) is 0 Å². The predicted molar refractivity (Wildman–Crippen MR) is 66.7 cm³/mol. The molecular weight excluding hydrogens is 280 g/mol. The minimum atomic E-state index is -2.67. The maximum Gasteiger partial charge on any atom is 0.250 e. The van der Waals surface area contributed by atoms with Gasteiger partial charge in [0, 0.05) is 12.3 Å². The molecular formula is C14H15ClF4. The zero-order valence-corrected chi connectivity index (χ0v) is 11.3. The first-order valence-electron chi connectivity index (χ1n) is 6.38. The zero-order valence-electron chi connectivity index (χ0n) is 10.5. The number of alkyl halides is 2. The second-order valence-electron chi connectivity index (χ2n) is 5.10. The van der Waals surface area contributed by atoms with Crippen molar-refractivity contribution in [1.82, 2.24) is 0 Å². The van der Waals surface area contributed by atoms with E-state index in [1.165, 1.54) is 6.07 Å². The van der Waals surface area contributed by atoms with Crippen LogP contribution in [0.1, 0.15) is 44.1 Å². The molecule has 2 unspecified atom stereocenters. The van der Waals surface area contributed by atoms with Crippen LogP contribution >= 0.6 is 11.6 Å². The Morgan fingerprint density at radius 1 is 1.32 bits per heavy atom. The topological polar surface area (TPSA) is 0 Å². The van der Waals surface area contributed by atoms with Crippen LogP contribution in [0, 0.1) is 17.6 Å². The number of hydrogen-bond donors (Lipinski definition) is 0. The van der Waals surface area contributed by atoms with E-state index in [9.17, 15) is 17.6 Å². The Labute approximate surface area is 114 Å². The third-order valence-electron chi connectivity index (χ3n) is 3.99. The lowest BCUT2D eigenvalue weighted by atomic mass is 9.75. The van der Waals surface area contributed by atoms with Crippen molar-refractivity contribution in [1.29, 1.82) is 0 Å². The molecule has 1 aromatic carbocycles. The van der Waals surface area contributed by atoms with Crippen molar-refractivity contribution < 1.29 is 17.6 Å². The first kappa shape index (κ1) is 14.6. The van der Waals surface area contributed by atoms with Gasteiger partial charge in [-0.1, -0.05) is 24.6 Å². The average molecular weight is 295 g/mol. The molecule has 0 heterocycles. The van der Waals surface area contributed by atoms with Crippen LogP contribution in [0.15, 0.2) is 12.1 Å². The van der Waals surface area contributed by atoms with Crippen molar-refractivity contribution in [3.63, 3.8) is 0 Å². The minimum absolute atomic E-state index is 0.229. The van der Waals surface area contributed by atoms with E-state index in [0.717, 1.165) is 6.07 Å². The molecule has 0 saturated heterocycles. The quantitative estimate of drug-likeness (QED) is 0.496. The highest BCUT2D eigenvalue weighted by atomic mass is 35.5. The molecule has 0 amide bonds. The van der Waals surface area contributed by atoms with Gasteiger partial charge in [0.1, 0.15) is 0 Å². The smallest absolute Gasteiger partial charge is 0.207 e. The Bertz CT molecular complexity index is 473. The lowest BCUT2D eigenvalue weighted by Crippen LogP contribution is -2.34. The Hall–Kier alpha value is -0.770. The summed E-state index contributed by atoms with van der Waals surface area (Å²) in [5, 5.41) is -0.273. The van der Waals surface area contributed by atoms with Crippen LogP contribution in [0.5, 0.6) is 0 Å². The Kier molecular flexibility index (Phi) is 4.09. The maximum atomic E-state index is 13.6. The van der Waals surface area contributed by atoms with Crippen molar-refractivity contribution in [2.75, 3.05) is 0 Å². The molecule has 0 radical (unpaired) electrons. The number of rotatable bonds is 2. The van der Waals surface area contributed by atoms with Gasteiger partial charge in [-0.05, 0) is 36.8 Å². The SMILES string of the molecule is CCC1CC(c2ccc(F)c(F)c2Cl)CCC1(F)F. The van der Waals surface area contributed by atoms with Gasteiger partial charge in [0.15, 0.2) is 11.6 Å². The van der Waals surface area contributed by atoms with Gasteiger partial charge in [-0.3, -0.25) is 0 Å². The summed E-state index contributed by atoms with van der Waals surface area (Å²) in [5.41, 5.74) is 0.439. The van der Waals surface area contributed by atoms with Crippen molar-refractivity contribution in [3.05, 3.63) is 34.4 Å². The van der Waals surface area contributed by atoms with Crippen molar-refractivity contribution in [3.8, 4) is 0 Å². The molecule has 1 aromatic rings. The zero-order chi connectivity index (χ0) is 14.2. The molecule has 0 aliphatic heterocycles. The molecule has 1 aliphatic rings. The lowest BCUT2D eigenvalue weighted by Gasteiger charge is -2.36. The molecule has 0 aromatic heterocycles. The summed E-state index contributed by atoms with van der Waals surface area (Å²) < 4.78 is 53.7. The molecule has 2 rings (SSSR count). The molecule has 2 atom stereocenters. The summed E-state index contributed by atoms with van der Waals surface area (Å²) in [6.45, 7) is 1.72. The monoisotopic (exact) mass is 294 g/mol. The van der Waals surface area contributed by atoms with Gasteiger partial charge in [-0.2, -0.15) is 0 Å². The first-order valence-corrected chi connectivity index (χ1v) is 6.75. The fraction of sp³-hybridized carbons (Fsp3) is 0.571. The molecule has 19 heavy (non-hydrogen) atoms. The highest BCUT2D eigenvalue weighted by Crippen LogP contribution is 2.47. The second-order valence-corrected chi connectivity index (χ2v) is 5.48. The third kappa shape index (κ3) is 2.73. The van der Waals surface area contributed by atoms with Crippen LogP contribution in [-0.4, -0.2) is 5.92 Å². The average Bonchev–Trinajstić information content (AvgIpc) is 2.37. The Morgan fingerprint density at radius 3 is 2.63 bits per heavy atom. The van der Waals surface area contributed by atoms with Crippen LogP contribution < -0.4 is 0 Å². The molecule has 0 bridgehead atoms. The van der Waals surface area contributed by atoms with E-state index in [2.05, 4.69) is 0 Å². The number of benzene rings is 1. The van der Waals surface area contributed by atoms with Gasteiger partial charge >= 0.3 is 0 Å². The lowest BCUT2D eigenvalue weighted by molar-refractivity contribution is -0.0911. The molecule has 0 spiro atoms. The highest BCUT2D eigenvalue weighted by molar-refractivity contribution is 6.31. The fourth-order valence-electron chi connectivity index (χ4n) is 2.81. The molecule has 0 nitrogen and oxygen atoms in total. The Morgan fingerprint density at radius 2 is 2.00 bits per heavy atom. The van der Waals surface area contributed by atoms with Crippen LogP contribution in [0.3, 0.4) is 0 Å². The second kappa shape index (κ2) is 5.31. The fourth-order valence-corrected chi connectivity index (χ4v) is 3.12. The number of hydrogen-bond acceptors (Lipinski definition) is 0. The Balaban J connectivity index is 2.27. The summed E-state index contributed by atoms with van der Waals surface area (Å²) in [5.74, 6) is -5.73. The van der Waals surface area contributed by atoms with Crippen molar-refractivity contribution >= 4 is 11.6 Å². The molecule has 1 aliphatic carbocycles. The summed E-state index contributed by atoms with van der Waals surface area (Å²) in [7, 11) is 0. The number of halogens is 5. The molecule has 0 N–H and O–H groups in total. The van der Waals surface area contributed by atoms with Crippen LogP contribution in [0.2, 0.25) is 5.02 Å². The summed E-state index contributed by atoms with van der Waals surface area (Å²) in [6.07, 6.45) is 0.638. The third-order valence-corrected chi connectivity index (χ3v) is 4.37. The molecule has 1 fully saturated rings. The van der Waals surface area contributed by atoms with Crippen molar-refractivity contribution in [2.45, 2.75) is 44.4 Å². The van der Waals surface area contributed by atoms with E-state index in [4.69, 9.17) is 11.6 Å². The van der Waals surface area contributed by atoms with Gasteiger partial charge in [0.05, 0.1) is 5.02 Å². The van der Waals surface area contributed by atoms with Gasteiger partial charge in [0.25, 0.3) is 5.92 Å². The largest absolute Gasteiger partial charge is 0.250 e. The highest BCUT2D eigenvalue weighted by Gasteiger charge is 2.44. The maximum absolute atomic E-state index is 13.6. The van der Waals surface area contributed by atoms with E-state index >= 15 is 0 Å². The van der Waals surface area contributed by atoms with Gasteiger partial charge in [0.2, 0.25) is 0 Å². The first-order chi connectivity index (χ1) is 8.86. The minimum Gasteiger partial charge on any atom is -0.207 e. The van der Waals surface area contributed by atoms with Crippen LogP contribution in [-0.2, 0) is 0 Å². The summed E-state index contributed by atoms with van der Waals surface area (Å²) in [4.78, 5) is 0. The van der Waals surface area contributed by atoms with Gasteiger partial charge in [-0.25, -0.2) is 17.6 Å². The molecule has 106 valence electrons. The van der Waals surface area contributed by atoms with E-state index < -0.39 is 23.5 Å². The standard InChI is InChI=1S/C14H15ClF4/c1-2-9-7-8(5-6-14(9,18)19)10-3-4-11(16)13(17)12(10)15/h3-4,8-9H,2,5-7H2,1H3. The normalized spacial score (nSPS) is 26.4. The molecule has 1 saturated carbocycles. The van der Waals surface area contributed by atoms with E-state index in [-0.39, 0.29) is 30.2 Å². The van der Waals surface area contributed by atoms with Crippen molar-refractivity contribution in [2.24, 2.45) is 5.92 Å². The van der Waals surface area contributed by atoms with E-state index in [0.29, 0.717) is 12.0 Å². The van der Waals surface area contributed by atoms with E-state index in [1.54, 1.807) is 6.92 Å². The predicted octanol–water partition coefficient (Wildman–Crippen LogP) is 5.55. The molecule has 5 heteroatoms. The van der Waals surface area contributed by atoms with Crippen LogP contribution in [0.25, 0.3) is 0 Å².